The summed E-state index contributed by atoms with van der Waals surface area (Å²) in [6.07, 6.45) is 4.26. The highest BCUT2D eigenvalue weighted by molar-refractivity contribution is 7.99. The summed E-state index contributed by atoms with van der Waals surface area (Å²) in [7, 11) is -3.51. The zero-order valence-corrected chi connectivity index (χ0v) is 20.8. The molecule has 0 unspecified atom stereocenters. The fraction of sp³-hybridized carbons (Fsp3) is 0.545. The number of aromatic nitrogens is 3. The summed E-state index contributed by atoms with van der Waals surface area (Å²) >= 11 is 1.32. The van der Waals surface area contributed by atoms with E-state index in [9.17, 15) is 18.0 Å². The van der Waals surface area contributed by atoms with Gasteiger partial charge < -0.3 is 9.88 Å². The van der Waals surface area contributed by atoms with Crippen LogP contribution in [0.25, 0.3) is 0 Å². The van der Waals surface area contributed by atoms with Crippen molar-refractivity contribution in [2.75, 3.05) is 25.4 Å². The van der Waals surface area contributed by atoms with Crippen molar-refractivity contribution in [3.63, 3.8) is 0 Å². The van der Waals surface area contributed by atoms with Gasteiger partial charge in [0, 0.05) is 45.1 Å². The van der Waals surface area contributed by atoms with E-state index >= 15 is 0 Å². The van der Waals surface area contributed by atoms with Gasteiger partial charge in [0.15, 0.2) is 10.9 Å². The number of Topliss-reactive ketones (excluding diaryl/α,β-unsaturated/α-hetero) is 1. The molecule has 9 nitrogen and oxygen atoms in total. The lowest BCUT2D eigenvalue weighted by atomic mass is 10.1. The first-order valence-electron chi connectivity index (χ1n) is 11.3. The van der Waals surface area contributed by atoms with Gasteiger partial charge in [-0.2, -0.15) is 4.31 Å². The van der Waals surface area contributed by atoms with Crippen LogP contribution in [0, 0.1) is 0 Å². The minimum atomic E-state index is -3.51. The smallest absolute Gasteiger partial charge is 0.243 e. The summed E-state index contributed by atoms with van der Waals surface area (Å²) in [6, 6.07) is 6.20. The normalized spacial score (nSPS) is 14.8. The number of aryl methyl sites for hydroxylation is 1. The molecule has 1 aliphatic rings. The summed E-state index contributed by atoms with van der Waals surface area (Å²) in [6.45, 7) is 5.84. The van der Waals surface area contributed by atoms with E-state index in [-0.39, 0.29) is 22.3 Å². The predicted molar refractivity (Wildman–Crippen MR) is 127 cm³/mol. The lowest BCUT2D eigenvalue weighted by Gasteiger charge is -2.25. The minimum Gasteiger partial charge on any atom is -0.356 e. The van der Waals surface area contributed by atoms with Crippen LogP contribution < -0.4 is 5.32 Å². The van der Waals surface area contributed by atoms with E-state index in [0.717, 1.165) is 31.5 Å². The summed E-state index contributed by atoms with van der Waals surface area (Å²) < 4.78 is 29.1. The zero-order chi connectivity index (χ0) is 23.8. The molecule has 0 saturated carbocycles. The molecule has 2 heterocycles. The Morgan fingerprint density at radius 1 is 1.09 bits per heavy atom. The van der Waals surface area contributed by atoms with E-state index in [4.69, 9.17) is 0 Å². The molecule has 1 aromatic heterocycles. The number of nitrogens with zero attached hydrogens (tertiary/aromatic N) is 4. The number of nitrogens with one attached hydrogen (secondary N) is 1. The molecule has 1 aromatic carbocycles. The molecule has 11 heteroatoms. The second kappa shape index (κ2) is 11.8. The van der Waals surface area contributed by atoms with E-state index in [1.54, 1.807) is 12.1 Å². The number of amides is 1. The Morgan fingerprint density at radius 2 is 1.79 bits per heavy atom. The van der Waals surface area contributed by atoms with Crippen molar-refractivity contribution in [1.29, 1.82) is 0 Å². The van der Waals surface area contributed by atoms with E-state index < -0.39 is 10.0 Å². The molecule has 1 fully saturated rings. The average Bonchev–Trinajstić information content (AvgIpc) is 3.22. The second-order valence-electron chi connectivity index (χ2n) is 7.93. The standard InChI is InChI=1S/C22H31N5O4S2/c1-3-27-21(8-7-13-23-17(2)28)24-25-22(27)32-16-20(29)18-9-11-19(12-10-18)33(30,31)26-14-5-4-6-15-26/h9-12H,3-8,13-16H2,1-2H3,(H,23,28). The molecule has 1 N–H and O–H groups in total. The Balaban J connectivity index is 1.58. The third-order valence-electron chi connectivity index (χ3n) is 5.52. The molecule has 3 rings (SSSR count). The molecule has 1 aliphatic heterocycles. The number of ketones is 1. The molecule has 0 atom stereocenters. The van der Waals surface area contributed by atoms with Crippen molar-refractivity contribution < 1.29 is 18.0 Å². The molecule has 33 heavy (non-hydrogen) atoms. The fourth-order valence-electron chi connectivity index (χ4n) is 3.72. The van der Waals surface area contributed by atoms with Gasteiger partial charge in [0.1, 0.15) is 5.82 Å². The highest BCUT2D eigenvalue weighted by atomic mass is 32.2. The summed E-state index contributed by atoms with van der Waals surface area (Å²) in [4.78, 5) is 23.9. The maximum absolute atomic E-state index is 12.8. The Bertz CT molecular complexity index is 1060. The van der Waals surface area contributed by atoms with Crippen molar-refractivity contribution in [1.82, 2.24) is 24.4 Å². The monoisotopic (exact) mass is 493 g/mol. The summed E-state index contributed by atoms with van der Waals surface area (Å²) in [5.41, 5.74) is 0.471. The first-order valence-corrected chi connectivity index (χ1v) is 13.7. The lowest BCUT2D eigenvalue weighted by molar-refractivity contribution is -0.118. The van der Waals surface area contributed by atoms with Crippen molar-refractivity contribution in [2.24, 2.45) is 0 Å². The van der Waals surface area contributed by atoms with Crippen LogP contribution in [0.3, 0.4) is 0 Å². The molecule has 0 aliphatic carbocycles. The van der Waals surface area contributed by atoms with Crippen LogP contribution in [0.2, 0.25) is 0 Å². The average molecular weight is 494 g/mol. The number of benzene rings is 1. The SMILES string of the molecule is CCn1c(CCCNC(C)=O)nnc1SCC(=O)c1ccc(S(=O)(=O)N2CCCCC2)cc1. The van der Waals surface area contributed by atoms with Crippen LogP contribution in [0.15, 0.2) is 34.3 Å². The van der Waals surface area contributed by atoms with E-state index in [1.165, 1.54) is 35.1 Å². The van der Waals surface area contributed by atoms with Gasteiger partial charge in [0.05, 0.1) is 10.6 Å². The topological polar surface area (TPSA) is 114 Å². The second-order valence-corrected chi connectivity index (χ2v) is 10.8. The Labute approximate surface area is 199 Å². The number of rotatable bonds is 11. The van der Waals surface area contributed by atoms with Gasteiger partial charge in [-0.15, -0.1) is 10.2 Å². The van der Waals surface area contributed by atoms with Crippen molar-refractivity contribution in [3.05, 3.63) is 35.7 Å². The van der Waals surface area contributed by atoms with Crippen LogP contribution in [-0.4, -0.2) is 64.6 Å². The molecule has 0 radical (unpaired) electrons. The third kappa shape index (κ3) is 6.64. The number of piperidine rings is 1. The number of sulfonamides is 1. The molecular weight excluding hydrogens is 462 g/mol. The Kier molecular flexibility index (Phi) is 9.04. The van der Waals surface area contributed by atoms with Gasteiger partial charge in [-0.25, -0.2) is 8.42 Å². The molecule has 180 valence electrons. The molecule has 0 bridgehead atoms. The largest absolute Gasteiger partial charge is 0.356 e. The molecule has 2 aromatic rings. The lowest BCUT2D eigenvalue weighted by Crippen LogP contribution is -2.35. The van der Waals surface area contributed by atoms with E-state index in [2.05, 4.69) is 15.5 Å². The Morgan fingerprint density at radius 3 is 2.42 bits per heavy atom. The van der Waals surface area contributed by atoms with Crippen molar-refractivity contribution >= 4 is 33.5 Å². The number of carbonyl (C=O) groups excluding carboxylic acids is 2. The maximum atomic E-state index is 12.8. The van der Waals surface area contributed by atoms with Crippen LogP contribution >= 0.6 is 11.8 Å². The molecule has 1 saturated heterocycles. The maximum Gasteiger partial charge on any atom is 0.243 e. The van der Waals surface area contributed by atoms with Crippen LogP contribution in [-0.2, 0) is 27.8 Å². The molecule has 0 spiro atoms. The third-order valence-corrected chi connectivity index (χ3v) is 8.40. The van der Waals surface area contributed by atoms with Gasteiger partial charge in [-0.1, -0.05) is 30.3 Å². The zero-order valence-electron chi connectivity index (χ0n) is 19.1. The van der Waals surface area contributed by atoms with E-state index in [0.29, 0.717) is 43.3 Å². The van der Waals surface area contributed by atoms with Gasteiger partial charge in [0.2, 0.25) is 15.9 Å². The highest BCUT2D eigenvalue weighted by Gasteiger charge is 2.26. The molecular formula is C22H31N5O4S2. The molecule has 1 amide bonds. The van der Waals surface area contributed by atoms with Crippen LogP contribution in [0.4, 0.5) is 0 Å². The first kappa shape index (κ1) is 25.4. The van der Waals surface area contributed by atoms with Gasteiger partial charge >= 0.3 is 0 Å². The number of hydrogen-bond acceptors (Lipinski definition) is 7. The first-order chi connectivity index (χ1) is 15.8. The number of carbonyl (C=O) groups is 2. The number of thioether (sulfide) groups is 1. The van der Waals surface area contributed by atoms with Crippen LogP contribution in [0.5, 0.6) is 0 Å². The fourth-order valence-corrected chi connectivity index (χ4v) is 6.15. The summed E-state index contributed by atoms with van der Waals surface area (Å²) in [5.74, 6) is 0.853. The highest BCUT2D eigenvalue weighted by Crippen LogP contribution is 2.23. The minimum absolute atomic E-state index is 0.0566. The van der Waals surface area contributed by atoms with Gasteiger partial charge in [-0.3, -0.25) is 9.59 Å². The van der Waals surface area contributed by atoms with Crippen molar-refractivity contribution in [2.45, 2.75) is 62.5 Å². The Hall–Kier alpha value is -2.24. The summed E-state index contributed by atoms with van der Waals surface area (Å²) in [5, 5.41) is 11.9. The van der Waals surface area contributed by atoms with E-state index in [1.807, 2.05) is 11.5 Å². The van der Waals surface area contributed by atoms with Gasteiger partial charge in [-0.05, 0) is 38.3 Å². The van der Waals surface area contributed by atoms with Crippen LogP contribution in [0.1, 0.15) is 55.7 Å². The quantitative estimate of drug-likeness (QED) is 0.291. The number of hydrogen-bond donors (Lipinski definition) is 1. The predicted octanol–water partition coefficient (Wildman–Crippen LogP) is 2.52. The van der Waals surface area contributed by atoms with Crippen molar-refractivity contribution in [3.8, 4) is 0 Å². The van der Waals surface area contributed by atoms with Gasteiger partial charge in [0.25, 0.3) is 0 Å².